The second kappa shape index (κ2) is 7.09. The molecule has 1 aromatic heterocycles. The van der Waals surface area contributed by atoms with Gasteiger partial charge in [-0.15, -0.1) is 11.3 Å². The molecule has 1 aliphatic heterocycles. The van der Waals surface area contributed by atoms with Crippen LogP contribution in [0.2, 0.25) is 0 Å². The van der Waals surface area contributed by atoms with Crippen molar-refractivity contribution in [3.63, 3.8) is 0 Å². The van der Waals surface area contributed by atoms with Crippen LogP contribution in [0.15, 0.2) is 76.2 Å². The smallest absolute Gasteiger partial charge is 0.282 e. The predicted octanol–water partition coefficient (Wildman–Crippen LogP) is 5.05. The van der Waals surface area contributed by atoms with Gasteiger partial charge in [0.2, 0.25) is 0 Å². The summed E-state index contributed by atoms with van der Waals surface area (Å²) in [6, 6.07) is 16.3. The van der Waals surface area contributed by atoms with Gasteiger partial charge in [-0.2, -0.15) is 0 Å². The molecule has 3 aromatic rings. The van der Waals surface area contributed by atoms with Crippen molar-refractivity contribution in [2.45, 2.75) is 0 Å². The van der Waals surface area contributed by atoms with Gasteiger partial charge in [0.25, 0.3) is 11.8 Å². The Balaban J connectivity index is 1.81. The average Bonchev–Trinajstić information content (AvgIpc) is 3.22. The first-order valence-electron chi connectivity index (χ1n) is 7.99. The van der Waals surface area contributed by atoms with E-state index in [1.54, 1.807) is 12.1 Å². The number of nitrogens with one attached hydrogen (secondary N) is 1. The summed E-state index contributed by atoms with van der Waals surface area (Å²) in [5, 5.41) is 4.90. The normalized spacial score (nSPS) is 14.2. The lowest BCUT2D eigenvalue weighted by atomic mass is 10.2. The third-order valence-corrected chi connectivity index (χ3v) is 5.39. The van der Waals surface area contributed by atoms with Crippen LogP contribution in [-0.4, -0.2) is 11.8 Å². The van der Waals surface area contributed by atoms with Crippen LogP contribution >= 0.6 is 27.3 Å². The molecule has 0 unspecified atom stereocenters. The van der Waals surface area contributed by atoms with Gasteiger partial charge in [-0.05, 0) is 47.8 Å². The molecule has 0 radical (unpaired) electrons. The lowest BCUT2D eigenvalue weighted by Crippen LogP contribution is -2.32. The molecule has 4 rings (SSSR count). The number of benzene rings is 2. The Kier molecular flexibility index (Phi) is 4.63. The molecule has 2 amide bonds. The zero-order chi connectivity index (χ0) is 19.0. The molecule has 1 aliphatic rings. The molecule has 134 valence electrons. The highest BCUT2D eigenvalue weighted by atomic mass is 79.9. The number of hydrogen-bond donors (Lipinski definition) is 1. The summed E-state index contributed by atoms with van der Waals surface area (Å²) in [6.07, 6.45) is 0. The van der Waals surface area contributed by atoms with E-state index in [9.17, 15) is 14.0 Å². The Labute approximate surface area is 167 Å². The van der Waals surface area contributed by atoms with Gasteiger partial charge in [0, 0.05) is 15.0 Å². The van der Waals surface area contributed by atoms with Crippen molar-refractivity contribution in [2.24, 2.45) is 0 Å². The fourth-order valence-electron chi connectivity index (χ4n) is 2.86. The molecule has 0 bridgehead atoms. The summed E-state index contributed by atoms with van der Waals surface area (Å²) in [7, 11) is 0. The van der Waals surface area contributed by atoms with Gasteiger partial charge in [-0.3, -0.25) is 9.59 Å². The van der Waals surface area contributed by atoms with Crippen molar-refractivity contribution >= 4 is 56.0 Å². The molecule has 2 aromatic carbocycles. The number of hydrogen-bond acceptors (Lipinski definition) is 4. The van der Waals surface area contributed by atoms with Crippen molar-refractivity contribution in [3.8, 4) is 0 Å². The van der Waals surface area contributed by atoms with Gasteiger partial charge in [-0.25, -0.2) is 9.29 Å². The van der Waals surface area contributed by atoms with Crippen molar-refractivity contribution < 1.29 is 14.0 Å². The highest BCUT2D eigenvalue weighted by Crippen LogP contribution is 2.35. The molecule has 0 atom stereocenters. The van der Waals surface area contributed by atoms with E-state index in [-0.39, 0.29) is 17.0 Å². The van der Waals surface area contributed by atoms with Gasteiger partial charge in [-0.1, -0.05) is 34.1 Å². The number of nitrogens with zero attached hydrogens (tertiary/aromatic N) is 1. The SMILES string of the molecule is O=C1C(Nc2cccc(Br)c2)=C(c2cccs2)C(=O)N1c1cccc(F)c1. The fraction of sp³-hybridized carbons (Fsp3) is 0. The first kappa shape index (κ1) is 17.6. The van der Waals surface area contributed by atoms with Crippen LogP contribution in [0, 0.1) is 5.82 Å². The van der Waals surface area contributed by atoms with E-state index in [0.29, 0.717) is 10.6 Å². The largest absolute Gasteiger partial charge is 0.350 e. The highest BCUT2D eigenvalue weighted by molar-refractivity contribution is 9.10. The van der Waals surface area contributed by atoms with Crippen LogP contribution < -0.4 is 10.2 Å². The first-order valence-corrected chi connectivity index (χ1v) is 9.67. The summed E-state index contributed by atoms with van der Waals surface area (Å²) in [5.74, 6) is -1.52. The summed E-state index contributed by atoms with van der Waals surface area (Å²) in [6.45, 7) is 0. The summed E-state index contributed by atoms with van der Waals surface area (Å²) in [5.41, 5.74) is 1.31. The Morgan fingerprint density at radius 3 is 2.48 bits per heavy atom. The molecular weight excluding hydrogens is 431 g/mol. The topological polar surface area (TPSA) is 49.4 Å². The number of carbonyl (C=O) groups is 2. The van der Waals surface area contributed by atoms with Gasteiger partial charge in [0.15, 0.2) is 0 Å². The Morgan fingerprint density at radius 1 is 0.963 bits per heavy atom. The van der Waals surface area contributed by atoms with E-state index >= 15 is 0 Å². The van der Waals surface area contributed by atoms with E-state index in [2.05, 4.69) is 21.2 Å². The Hall–Kier alpha value is -2.77. The van der Waals surface area contributed by atoms with E-state index in [1.807, 2.05) is 29.6 Å². The fourth-order valence-corrected chi connectivity index (χ4v) is 4.02. The highest BCUT2D eigenvalue weighted by Gasteiger charge is 2.40. The van der Waals surface area contributed by atoms with Crippen LogP contribution in [0.4, 0.5) is 15.8 Å². The predicted molar refractivity (Wildman–Crippen MR) is 108 cm³/mol. The van der Waals surface area contributed by atoms with Crippen LogP contribution in [0.5, 0.6) is 0 Å². The minimum absolute atomic E-state index is 0.171. The maximum atomic E-state index is 13.7. The molecule has 4 nitrogen and oxygen atoms in total. The summed E-state index contributed by atoms with van der Waals surface area (Å²) >= 11 is 4.75. The molecule has 7 heteroatoms. The molecular formula is C20H12BrFN2O2S. The first-order chi connectivity index (χ1) is 13.0. The third-order valence-electron chi connectivity index (χ3n) is 4.01. The quantitative estimate of drug-likeness (QED) is 0.575. The molecule has 27 heavy (non-hydrogen) atoms. The number of imide groups is 1. The van der Waals surface area contributed by atoms with E-state index < -0.39 is 17.6 Å². The van der Waals surface area contributed by atoms with Crippen molar-refractivity contribution in [3.05, 3.63) is 86.9 Å². The number of halogens is 2. The van der Waals surface area contributed by atoms with Gasteiger partial charge < -0.3 is 5.32 Å². The maximum absolute atomic E-state index is 13.7. The van der Waals surface area contributed by atoms with Crippen LogP contribution in [0.25, 0.3) is 5.57 Å². The monoisotopic (exact) mass is 442 g/mol. The zero-order valence-corrected chi connectivity index (χ0v) is 16.2. The molecule has 0 saturated carbocycles. The van der Waals surface area contributed by atoms with Crippen molar-refractivity contribution in [2.75, 3.05) is 10.2 Å². The maximum Gasteiger partial charge on any atom is 0.282 e. The molecule has 0 aliphatic carbocycles. The third kappa shape index (κ3) is 3.31. The number of amides is 2. The standard InChI is InChI=1S/C20H12BrFN2O2S/c21-12-4-1-6-14(10-12)23-18-17(16-8-3-9-27-16)19(25)24(20(18)26)15-7-2-5-13(22)11-15/h1-11,23H. The number of rotatable bonds is 4. The lowest BCUT2D eigenvalue weighted by Gasteiger charge is -2.15. The number of thiophene rings is 1. The second-order valence-electron chi connectivity index (χ2n) is 5.79. The van der Waals surface area contributed by atoms with Crippen LogP contribution in [0.1, 0.15) is 4.88 Å². The number of anilines is 2. The molecule has 0 spiro atoms. The minimum atomic E-state index is -0.519. The Bertz CT molecular complexity index is 1080. The van der Waals surface area contributed by atoms with E-state index in [1.165, 1.54) is 35.6 Å². The summed E-state index contributed by atoms with van der Waals surface area (Å²) < 4.78 is 14.5. The second-order valence-corrected chi connectivity index (χ2v) is 7.65. The average molecular weight is 443 g/mol. The van der Waals surface area contributed by atoms with E-state index in [0.717, 1.165) is 9.37 Å². The van der Waals surface area contributed by atoms with E-state index in [4.69, 9.17) is 0 Å². The van der Waals surface area contributed by atoms with Crippen molar-refractivity contribution in [1.29, 1.82) is 0 Å². The van der Waals surface area contributed by atoms with Gasteiger partial charge in [0.1, 0.15) is 11.5 Å². The Morgan fingerprint density at radius 2 is 1.78 bits per heavy atom. The summed E-state index contributed by atoms with van der Waals surface area (Å²) in [4.78, 5) is 27.8. The van der Waals surface area contributed by atoms with Gasteiger partial charge in [0.05, 0.1) is 11.3 Å². The molecule has 0 fully saturated rings. The minimum Gasteiger partial charge on any atom is -0.350 e. The molecule has 0 saturated heterocycles. The number of carbonyl (C=O) groups excluding carboxylic acids is 2. The zero-order valence-electron chi connectivity index (χ0n) is 13.8. The van der Waals surface area contributed by atoms with Gasteiger partial charge >= 0.3 is 0 Å². The van der Waals surface area contributed by atoms with Crippen LogP contribution in [0.3, 0.4) is 0 Å². The molecule has 1 N–H and O–H groups in total. The lowest BCUT2D eigenvalue weighted by molar-refractivity contribution is -0.120. The van der Waals surface area contributed by atoms with Crippen LogP contribution in [-0.2, 0) is 9.59 Å². The molecule has 2 heterocycles. The van der Waals surface area contributed by atoms with Crippen molar-refractivity contribution in [1.82, 2.24) is 0 Å².